The van der Waals surface area contributed by atoms with Gasteiger partial charge < -0.3 is 14.3 Å². The maximum Gasteiger partial charge on any atom is 0.349 e. The van der Waals surface area contributed by atoms with Crippen molar-refractivity contribution in [2.75, 3.05) is 5.32 Å². The molecule has 1 amide bonds. The average Bonchev–Trinajstić information content (AvgIpc) is 3.16. The Morgan fingerprint density at radius 1 is 1.12 bits per heavy atom. The Hall–Kier alpha value is -3.67. The van der Waals surface area contributed by atoms with Crippen LogP contribution in [0.15, 0.2) is 82.5 Å². The zero-order valence-electron chi connectivity index (χ0n) is 13.8. The van der Waals surface area contributed by atoms with Crippen molar-refractivity contribution in [3.8, 4) is 0 Å². The van der Waals surface area contributed by atoms with Gasteiger partial charge in [-0.25, -0.2) is 9.78 Å². The van der Waals surface area contributed by atoms with Crippen LogP contribution in [0.25, 0.3) is 11.0 Å². The lowest BCUT2D eigenvalue weighted by Gasteiger charge is -2.07. The first-order chi connectivity index (χ1) is 12.7. The fourth-order valence-electron chi connectivity index (χ4n) is 2.70. The molecule has 0 bridgehead atoms. The largest absolute Gasteiger partial charge is 0.422 e. The molecule has 0 aliphatic rings. The second kappa shape index (κ2) is 6.68. The molecule has 26 heavy (non-hydrogen) atoms. The summed E-state index contributed by atoms with van der Waals surface area (Å²) in [6.07, 6.45) is 5.35. The molecule has 0 fully saturated rings. The molecule has 0 aliphatic heterocycles. The third-order valence-electron chi connectivity index (χ3n) is 4.02. The number of carbonyl (C=O) groups is 1. The van der Waals surface area contributed by atoms with E-state index in [0.29, 0.717) is 23.2 Å². The molecule has 0 unspecified atom stereocenters. The minimum absolute atomic E-state index is 0.0220. The second-order valence-corrected chi connectivity index (χ2v) is 5.87. The van der Waals surface area contributed by atoms with Gasteiger partial charge in [0.15, 0.2) is 0 Å². The Bertz CT molecular complexity index is 1110. The SMILES string of the molecule is O=C(Nc1ccc(Cn2ccnc2)cc1)c1cc2ccccc2oc1=O. The molecule has 0 spiro atoms. The predicted octanol–water partition coefficient (Wildman–Crippen LogP) is 3.29. The van der Waals surface area contributed by atoms with Crippen LogP contribution in [-0.2, 0) is 6.54 Å². The van der Waals surface area contributed by atoms with E-state index in [0.717, 1.165) is 5.56 Å². The molecule has 4 rings (SSSR count). The Morgan fingerprint density at radius 3 is 2.69 bits per heavy atom. The van der Waals surface area contributed by atoms with Crippen LogP contribution in [0.2, 0.25) is 0 Å². The second-order valence-electron chi connectivity index (χ2n) is 5.87. The van der Waals surface area contributed by atoms with E-state index >= 15 is 0 Å². The van der Waals surface area contributed by atoms with E-state index in [1.807, 2.05) is 29.0 Å². The highest BCUT2D eigenvalue weighted by molar-refractivity contribution is 6.05. The van der Waals surface area contributed by atoms with E-state index < -0.39 is 11.5 Å². The van der Waals surface area contributed by atoms with Crippen LogP contribution in [0, 0.1) is 0 Å². The molecular formula is C20H15N3O3. The first kappa shape index (κ1) is 15.8. The third kappa shape index (κ3) is 3.25. The first-order valence-corrected chi connectivity index (χ1v) is 8.08. The van der Waals surface area contributed by atoms with Gasteiger partial charge in [-0.05, 0) is 29.8 Å². The summed E-state index contributed by atoms with van der Waals surface area (Å²) in [5, 5.41) is 3.43. The highest BCUT2D eigenvalue weighted by Crippen LogP contribution is 2.15. The van der Waals surface area contributed by atoms with E-state index in [-0.39, 0.29) is 5.56 Å². The van der Waals surface area contributed by atoms with Crippen LogP contribution in [0.4, 0.5) is 5.69 Å². The number of hydrogen-bond acceptors (Lipinski definition) is 4. The zero-order valence-corrected chi connectivity index (χ0v) is 13.8. The van der Waals surface area contributed by atoms with Crippen molar-refractivity contribution >= 4 is 22.6 Å². The molecule has 0 atom stereocenters. The van der Waals surface area contributed by atoms with Crippen LogP contribution < -0.4 is 10.9 Å². The molecule has 0 saturated heterocycles. The van der Waals surface area contributed by atoms with Crippen LogP contribution >= 0.6 is 0 Å². The quantitative estimate of drug-likeness (QED) is 0.576. The number of nitrogens with one attached hydrogen (secondary N) is 1. The van der Waals surface area contributed by atoms with Gasteiger partial charge in [-0.2, -0.15) is 0 Å². The first-order valence-electron chi connectivity index (χ1n) is 8.08. The highest BCUT2D eigenvalue weighted by atomic mass is 16.4. The lowest BCUT2D eigenvalue weighted by molar-refractivity contribution is 0.102. The molecule has 2 aromatic heterocycles. The normalized spacial score (nSPS) is 10.8. The number of hydrogen-bond donors (Lipinski definition) is 1. The van der Waals surface area contributed by atoms with Gasteiger partial charge in [0.05, 0.1) is 6.33 Å². The summed E-state index contributed by atoms with van der Waals surface area (Å²) in [6, 6.07) is 16.1. The Balaban J connectivity index is 1.53. The van der Waals surface area contributed by atoms with Gasteiger partial charge in [-0.3, -0.25) is 4.79 Å². The van der Waals surface area contributed by atoms with Gasteiger partial charge in [0, 0.05) is 30.0 Å². The van der Waals surface area contributed by atoms with Crippen LogP contribution in [-0.4, -0.2) is 15.5 Å². The maximum atomic E-state index is 12.4. The average molecular weight is 345 g/mol. The minimum atomic E-state index is -0.655. The Kier molecular flexibility index (Phi) is 4.07. The fourth-order valence-corrected chi connectivity index (χ4v) is 2.70. The number of benzene rings is 2. The number of amides is 1. The molecule has 4 aromatic rings. The van der Waals surface area contributed by atoms with Gasteiger partial charge in [-0.1, -0.05) is 30.3 Å². The van der Waals surface area contributed by atoms with Crippen molar-refractivity contribution < 1.29 is 9.21 Å². The predicted molar refractivity (Wildman–Crippen MR) is 98.2 cm³/mol. The van der Waals surface area contributed by atoms with Crippen LogP contribution in [0.5, 0.6) is 0 Å². The number of fused-ring (bicyclic) bond motifs is 1. The van der Waals surface area contributed by atoms with Gasteiger partial charge in [0.25, 0.3) is 5.91 Å². The van der Waals surface area contributed by atoms with Crippen LogP contribution in [0.3, 0.4) is 0 Å². The number of anilines is 1. The third-order valence-corrected chi connectivity index (χ3v) is 4.02. The number of aromatic nitrogens is 2. The molecular weight excluding hydrogens is 330 g/mol. The number of para-hydroxylation sites is 1. The van der Waals surface area contributed by atoms with Crippen molar-refractivity contribution in [1.29, 1.82) is 0 Å². The summed E-state index contributed by atoms with van der Waals surface area (Å²) < 4.78 is 7.16. The van der Waals surface area contributed by atoms with E-state index in [4.69, 9.17) is 4.42 Å². The summed E-state index contributed by atoms with van der Waals surface area (Å²) in [6.45, 7) is 0.697. The molecule has 128 valence electrons. The summed E-state index contributed by atoms with van der Waals surface area (Å²) in [7, 11) is 0. The number of rotatable bonds is 4. The molecule has 0 radical (unpaired) electrons. The van der Waals surface area contributed by atoms with E-state index in [1.165, 1.54) is 0 Å². The van der Waals surface area contributed by atoms with Gasteiger partial charge in [0.2, 0.25) is 0 Å². The monoisotopic (exact) mass is 345 g/mol. The molecule has 6 heteroatoms. The van der Waals surface area contributed by atoms with Gasteiger partial charge in [-0.15, -0.1) is 0 Å². The summed E-state index contributed by atoms with van der Waals surface area (Å²) in [5.74, 6) is -0.494. The Morgan fingerprint density at radius 2 is 1.92 bits per heavy atom. The van der Waals surface area contributed by atoms with Crippen molar-refractivity contribution in [2.24, 2.45) is 0 Å². The van der Waals surface area contributed by atoms with Crippen LogP contribution in [0.1, 0.15) is 15.9 Å². The van der Waals surface area contributed by atoms with Gasteiger partial charge >= 0.3 is 5.63 Å². The minimum Gasteiger partial charge on any atom is -0.422 e. The summed E-state index contributed by atoms with van der Waals surface area (Å²) >= 11 is 0. The fraction of sp³-hybridized carbons (Fsp3) is 0.0500. The van der Waals surface area contributed by atoms with E-state index in [9.17, 15) is 9.59 Å². The molecule has 0 saturated carbocycles. The zero-order chi connectivity index (χ0) is 17.9. The van der Waals surface area contributed by atoms with E-state index in [2.05, 4.69) is 10.3 Å². The Labute approximate surface area is 148 Å². The smallest absolute Gasteiger partial charge is 0.349 e. The van der Waals surface area contributed by atoms with Crippen molar-refractivity contribution in [1.82, 2.24) is 9.55 Å². The van der Waals surface area contributed by atoms with Gasteiger partial charge in [0.1, 0.15) is 11.1 Å². The summed E-state index contributed by atoms with van der Waals surface area (Å²) in [5.41, 5.74) is 1.46. The number of carbonyl (C=O) groups excluding carboxylic acids is 1. The lowest BCUT2D eigenvalue weighted by atomic mass is 10.1. The molecule has 2 aromatic carbocycles. The van der Waals surface area contributed by atoms with Crippen molar-refractivity contribution in [3.05, 3.63) is 94.9 Å². The van der Waals surface area contributed by atoms with Crippen molar-refractivity contribution in [2.45, 2.75) is 6.54 Å². The molecule has 2 heterocycles. The highest BCUT2D eigenvalue weighted by Gasteiger charge is 2.13. The topological polar surface area (TPSA) is 77.1 Å². The molecule has 6 nitrogen and oxygen atoms in total. The summed E-state index contributed by atoms with van der Waals surface area (Å²) in [4.78, 5) is 28.5. The standard InChI is InChI=1S/C20H15N3O3/c24-19(17-11-15-3-1-2-4-18(15)26-20(17)25)22-16-7-5-14(6-8-16)12-23-10-9-21-13-23/h1-11,13H,12H2,(H,22,24). The molecule has 1 N–H and O–H groups in total. The van der Waals surface area contributed by atoms with Crippen molar-refractivity contribution in [3.63, 3.8) is 0 Å². The molecule has 0 aliphatic carbocycles. The number of imidazole rings is 1. The van der Waals surface area contributed by atoms with E-state index in [1.54, 1.807) is 48.9 Å². The number of nitrogens with zero attached hydrogens (tertiary/aromatic N) is 2. The maximum absolute atomic E-state index is 12.4. The lowest BCUT2D eigenvalue weighted by Crippen LogP contribution is -2.20.